The average Bonchev–Trinajstić information content (AvgIpc) is 3.66. The zero-order valence-electron chi connectivity index (χ0n) is 30.0. The summed E-state index contributed by atoms with van der Waals surface area (Å²) in [6.45, 7) is 0.726. The number of nitrogens with one attached hydrogen (secondary N) is 1. The van der Waals surface area contributed by atoms with Gasteiger partial charge in [-0.3, -0.25) is 14.7 Å². The van der Waals surface area contributed by atoms with Gasteiger partial charge in [0, 0.05) is 6.92 Å². The largest absolute Gasteiger partial charge is 0.459 e. The quantitative estimate of drug-likeness (QED) is 0.0934. The summed E-state index contributed by atoms with van der Waals surface area (Å²) in [5.74, 6) is -3.87. The van der Waals surface area contributed by atoms with Gasteiger partial charge in [0.2, 0.25) is 11.9 Å². The van der Waals surface area contributed by atoms with Gasteiger partial charge < -0.3 is 23.7 Å². The number of carbonyl (C=O) groups excluding carboxylic acids is 5. The maximum absolute atomic E-state index is 13.9. The maximum atomic E-state index is 13.9. The molecule has 1 amide bonds. The van der Waals surface area contributed by atoms with Crippen LogP contribution in [0.15, 0.2) is 128 Å². The number of halogens is 1. The van der Waals surface area contributed by atoms with Crippen molar-refractivity contribution in [1.82, 2.24) is 19.5 Å². The first kappa shape index (κ1) is 38.3. The van der Waals surface area contributed by atoms with E-state index in [1.54, 1.807) is 84.9 Å². The average molecular weight is 790 g/mol. The van der Waals surface area contributed by atoms with Crippen LogP contribution in [-0.4, -0.2) is 80.3 Å². The standard InChI is InChI=1S/C41H32ClN5O10/c1-24(48)44-41-45-34(42)30-35(46-41)43-23-47(30)36-33(57-40(52)28-20-12-5-13-21-28)32(56-39(51)27-18-10-4-11-19-27)31(55-38(50)26-16-8-3-9-17-26)29(54-36)22-53-37(49)25-14-6-2-7-15-25/h2-21,23,29,31-33,36H,22H2,1H3,(H,44,45,46,48)/t29-,31-,32+,33-,36-/m1/s1. The molecule has 0 aliphatic carbocycles. The highest BCUT2D eigenvalue weighted by Gasteiger charge is 2.54. The van der Waals surface area contributed by atoms with Crippen LogP contribution in [0.2, 0.25) is 5.15 Å². The van der Waals surface area contributed by atoms with Crippen molar-refractivity contribution in [1.29, 1.82) is 0 Å². The molecule has 1 N–H and O–H groups in total. The van der Waals surface area contributed by atoms with Crippen LogP contribution in [0.5, 0.6) is 0 Å². The molecular formula is C41H32ClN5O10. The number of imidazole rings is 1. The van der Waals surface area contributed by atoms with Gasteiger partial charge in [-0.05, 0) is 48.5 Å². The van der Waals surface area contributed by atoms with Gasteiger partial charge >= 0.3 is 23.9 Å². The van der Waals surface area contributed by atoms with Crippen molar-refractivity contribution in [2.24, 2.45) is 0 Å². The minimum Gasteiger partial charge on any atom is -0.459 e. The Labute approximate surface area is 329 Å². The summed E-state index contributed by atoms with van der Waals surface area (Å²) >= 11 is 6.68. The number of hydrogen-bond acceptors (Lipinski definition) is 13. The Kier molecular flexibility index (Phi) is 11.6. The Morgan fingerprint density at radius 3 is 1.60 bits per heavy atom. The molecule has 3 heterocycles. The van der Waals surface area contributed by atoms with Crippen molar-refractivity contribution in [3.63, 3.8) is 0 Å². The van der Waals surface area contributed by atoms with Gasteiger partial charge in [-0.2, -0.15) is 9.97 Å². The predicted octanol–water partition coefficient (Wildman–Crippen LogP) is 5.87. The van der Waals surface area contributed by atoms with Crippen LogP contribution in [0.1, 0.15) is 54.6 Å². The van der Waals surface area contributed by atoms with Gasteiger partial charge in [-0.1, -0.05) is 84.4 Å². The number of carbonyl (C=O) groups is 5. The number of esters is 4. The first-order valence-corrected chi connectivity index (χ1v) is 17.9. The first-order valence-electron chi connectivity index (χ1n) is 17.5. The highest BCUT2D eigenvalue weighted by Crippen LogP contribution is 2.38. The molecule has 1 saturated heterocycles. The van der Waals surface area contributed by atoms with Crippen molar-refractivity contribution in [3.8, 4) is 0 Å². The second kappa shape index (κ2) is 17.2. The van der Waals surface area contributed by atoms with Crippen molar-refractivity contribution in [2.75, 3.05) is 11.9 Å². The summed E-state index contributed by atoms with van der Waals surface area (Å²) in [6.07, 6.45) is -6.39. The first-order chi connectivity index (χ1) is 27.7. The monoisotopic (exact) mass is 789 g/mol. The number of aromatic nitrogens is 4. The lowest BCUT2D eigenvalue weighted by Gasteiger charge is -2.45. The Morgan fingerprint density at radius 2 is 1.11 bits per heavy atom. The summed E-state index contributed by atoms with van der Waals surface area (Å²) in [5, 5.41) is 2.28. The Hall–Kier alpha value is -6.97. The zero-order valence-corrected chi connectivity index (χ0v) is 30.7. The molecular weight excluding hydrogens is 758 g/mol. The van der Waals surface area contributed by atoms with E-state index in [2.05, 4.69) is 20.3 Å². The highest BCUT2D eigenvalue weighted by molar-refractivity contribution is 6.33. The lowest BCUT2D eigenvalue weighted by Crippen LogP contribution is -2.60. The Morgan fingerprint density at radius 1 is 0.649 bits per heavy atom. The Bertz CT molecular complexity index is 2400. The number of nitrogens with zero attached hydrogens (tertiary/aromatic N) is 4. The van der Waals surface area contributed by atoms with E-state index in [4.69, 9.17) is 35.3 Å². The Balaban J connectivity index is 1.37. The number of hydrogen-bond donors (Lipinski definition) is 1. The summed E-state index contributed by atoms with van der Waals surface area (Å²) < 4.78 is 32.1. The molecule has 7 rings (SSSR count). The smallest absolute Gasteiger partial charge is 0.338 e. The van der Waals surface area contributed by atoms with Crippen molar-refractivity contribution >= 4 is 58.5 Å². The zero-order chi connectivity index (χ0) is 39.9. The molecule has 288 valence electrons. The molecule has 0 radical (unpaired) electrons. The van der Waals surface area contributed by atoms with Gasteiger partial charge in [-0.15, -0.1) is 0 Å². The van der Waals surface area contributed by atoms with Gasteiger partial charge in [0.15, 0.2) is 35.3 Å². The van der Waals surface area contributed by atoms with E-state index in [-0.39, 0.29) is 44.5 Å². The summed E-state index contributed by atoms with van der Waals surface area (Å²) in [6, 6.07) is 32.2. The molecule has 2 aromatic heterocycles. The SMILES string of the molecule is CC(=O)Nc1nc(Cl)c2c(ncn2[C@@H]2O[C@H](COC(=O)c3ccccc3)[C@@H](OC(=O)c3ccccc3)[C@H](OC(=O)c3ccccc3)[C@H]2OC(=O)c2ccccc2)n1. The van der Waals surface area contributed by atoms with Gasteiger partial charge in [-0.25, -0.2) is 24.2 Å². The third-order valence-corrected chi connectivity index (χ3v) is 8.97. The number of benzene rings is 4. The molecule has 6 aromatic rings. The number of fused-ring (bicyclic) bond motifs is 1. The lowest BCUT2D eigenvalue weighted by atomic mass is 9.96. The van der Waals surface area contributed by atoms with E-state index in [9.17, 15) is 24.0 Å². The molecule has 4 aromatic carbocycles. The van der Waals surface area contributed by atoms with Crippen LogP contribution in [0.25, 0.3) is 11.2 Å². The van der Waals surface area contributed by atoms with E-state index < -0.39 is 67.0 Å². The maximum Gasteiger partial charge on any atom is 0.338 e. The molecule has 0 saturated carbocycles. The van der Waals surface area contributed by atoms with Crippen LogP contribution < -0.4 is 5.32 Å². The molecule has 1 fully saturated rings. The molecule has 0 spiro atoms. The van der Waals surface area contributed by atoms with Crippen LogP contribution in [0, 0.1) is 0 Å². The van der Waals surface area contributed by atoms with Crippen molar-refractivity contribution < 1.29 is 47.7 Å². The molecule has 0 bridgehead atoms. The van der Waals surface area contributed by atoms with Crippen LogP contribution in [0.4, 0.5) is 5.95 Å². The summed E-state index contributed by atoms with van der Waals surface area (Å²) in [5.41, 5.74) is 0.721. The minimum absolute atomic E-state index is 0.0120. The van der Waals surface area contributed by atoms with E-state index in [0.717, 1.165) is 0 Å². The van der Waals surface area contributed by atoms with Crippen molar-refractivity contribution in [3.05, 3.63) is 155 Å². The van der Waals surface area contributed by atoms with Gasteiger partial charge in [0.05, 0.1) is 22.3 Å². The molecule has 15 nitrogen and oxygen atoms in total. The molecule has 5 atom stereocenters. The van der Waals surface area contributed by atoms with E-state index in [1.165, 1.54) is 54.2 Å². The van der Waals surface area contributed by atoms with Crippen molar-refractivity contribution in [2.45, 2.75) is 37.6 Å². The molecule has 0 unspecified atom stereocenters. The third-order valence-electron chi connectivity index (χ3n) is 8.70. The van der Waals surface area contributed by atoms with Crippen LogP contribution in [-0.2, 0) is 28.5 Å². The minimum atomic E-state index is -1.63. The predicted molar refractivity (Wildman–Crippen MR) is 202 cm³/mol. The number of anilines is 1. The number of rotatable bonds is 11. The second-order valence-corrected chi connectivity index (χ2v) is 12.9. The topological polar surface area (TPSA) is 187 Å². The fourth-order valence-electron chi connectivity index (χ4n) is 6.08. The molecule has 1 aliphatic rings. The molecule has 57 heavy (non-hydrogen) atoms. The van der Waals surface area contributed by atoms with Gasteiger partial charge in [0.25, 0.3) is 0 Å². The second-order valence-electron chi connectivity index (χ2n) is 12.6. The highest BCUT2D eigenvalue weighted by atomic mass is 35.5. The summed E-state index contributed by atoms with van der Waals surface area (Å²) in [4.78, 5) is 79.5. The third kappa shape index (κ3) is 8.80. The number of ether oxygens (including phenoxy) is 5. The van der Waals surface area contributed by atoms with Gasteiger partial charge in [0.1, 0.15) is 24.6 Å². The van der Waals surface area contributed by atoms with Crippen LogP contribution in [0.3, 0.4) is 0 Å². The van der Waals surface area contributed by atoms with E-state index >= 15 is 0 Å². The fourth-order valence-corrected chi connectivity index (χ4v) is 6.34. The van der Waals surface area contributed by atoms with E-state index in [0.29, 0.717) is 0 Å². The lowest BCUT2D eigenvalue weighted by molar-refractivity contribution is -0.249. The molecule has 1 aliphatic heterocycles. The van der Waals surface area contributed by atoms with E-state index in [1.807, 2.05) is 0 Å². The van der Waals surface area contributed by atoms with Crippen LogP contribution >= 0.6 is 11.6 Å². The number of amides is 1. The molecule has 16 heteroatoms. The summed E-state index contributed by atoms with van der Waals surface area (Å²) in [7, 11) is 0. The fraction of sp³-hybridized carbons (Fsp3) is 0.171. The normalized spacial score (nSPS) is 18.9.